The van der Waals surface area contributed by atoms with Crippen LogP contribution in [0.4, 0.5) is 11.6 Å². The van der Waals surface area contributed by atoms with Crippen molar-refractivity contribution in [2.75, 3.05) is 44.0 Å². The lowest BCUT2D eigenvalue weighted by Gasteiger charge is -2.14. The molecule has 0 spiro atoms. The lowest BCUT2D eigenvalue weighted by molar-refractivity contribution is 0.0954. The van der Waals surface area contributed by atoms with Crippen molar-refractivity contribution >= 4 is 17.5 Å². The summed E-state index contributed by atoms with van der Waals surface area (Å²) in [6.45, 7) is 5.29. The van der Waals surface area contributed by atoms with Gasteiger partial charge >= 0.3 is 0 Å². The number of aryl methyl sites for hydroxylation is 1. The van der Waals surface area contributed by atoms with Crippen molar-refractivity contribution in [1.82, 2.24) is 20.3 Å². The number of hydrogen-bond donors (Lipinski definition) is 2. The van der Waals surface area contributed by atoms with Crippen molar-refractivity contribution in [3.8, 4) is 5.88 Å². The van der Waals surface area contributed by atoms with Gasteiger partial charge in [-0.1, -0.05) is 0 Å². The molecular weight excluding hydrogens is 320 g/mol. The van der Waals surface area contributed by atoms with E-state index >= 15 is 0 Å². The average molecular weight is 344 g/mol. The molecule has 134 valence electrons. The third-order valence-corrected chi connectivity index (χ3v) is 3.29. The molecule has 2 N–H and O–H groups in total. The highest BCUT2D eigenvalue weighted by Crippen LogP contribution is 2.13. The van der Waals surface area contributed by atoms with E-state index < -0.39 is 0 Å². The van der Waals surface area contributed by atoms with Gasteiger partial charge in [0.2, 0.25) is 5.88 Å². The number of aromatic nitrogens is 3. The van der Waals surface area contributed by atoms with Crippen LogP contribution in [0.1, 0.15) is 23.1 Å². The van der Waals surface area contributed by atoms with Crippen molar-refractivity contribution in [2.24, 2.45) is 0 Å². The fourth-order valence-corrected chi connectivity index (χ4v) is 2.09. The van der Waals surface area contributed by atoms with Gasteiger partial charge in [0.05, 0.1) is 12.2 Å². The van der Waals surface area contributed by atoms with E-state index in [1.165, 1.54) is 6.20 Å². The molecule has 0 aliphatic heterocycles. The van der Waals surface area contributed by atoms with Crippen LogP contribution in [0.25, 0.3) is 0 Å². The minimum atomic E-state index is -0.176. The van der Waals surface area contributed by atoms with Gasteiger partial charge in [-0.3, -0.25) is 4.79 Å². The summed E-state index contributed by atoms with van der Waals surface area (Å²) in [6, 6.07) is 5.24. The Labute approximate surface area is 147 Å². The van der Waals surface area contributed by atoms with Crippen LogP contribution in [0.2, 0.25) is 0 Å². The van der Waals surface area contributed by atoms with E-state index in [2.05, 4.69) is 25.6 Å². The molecule has 8 nitrogen and oxygen atoms in total. The van der Waals surface area contributed by atoms with E-state index in [0.29, 0.717) is 37.0 Å². The molecule has 8 heteroatoms. The highest BCUT2D eigenvalue weighted by molar-refractivity contribution is 5.93. The number of nitrogens with zero attached hydrogens (tertiary/aromatic N) is 4. The van der Waals surface area contributed by atoms with Crippen LogP contribution in [0, 0.1) is 6.92 Å². The van der Waals surface area contributed by atoms with E-state index in [-0.39, 0.29) is 5.91 Å². The predicted molar refractivity (Wildman–Crippen MR) is 97.3 cm³/mol. The number of hydrogen-bond acceptors (Lipinski definition) is 7. The highest BCUT2D eigenvalue weighted by atomic mass is 16.5. The molecule has 2 heterocycles. The third kappa shape index (κ3) is 5.59. The Bertz CT molecular complexity index is 703. The summed E-state index contributed by atoms with van der Waals surface area (Å²) >= 11 is 0. The standard InChI is InChI=1S/C17H24N6O2/c1-5-25-16-7-6-13(11-20-16)17(24)19-9-8-18-14-10-15(23(3)4)22-12(2)21-14/h6-7,10-11H,5,8-9H2,1-4H3,(H,19,24)(H,18,21,22). The van der Waals surface area contributed by atoms with E-state index in [1.54, 1.807) is 12.1 Å². The molecule has 0 fully saturated rings. The molecule has 2 aromatic heterocycles. The quantitative estimate of drug-likeness (QED) is 0.701. The zero-order chi connectivity index (χ0) is 18.2. The minimum Gasteiger partial charge on any atom is -0.478 e. The van der Waals surface area contributed by atoms with Crippen LogP contribution in [-0.4, -0.2) is 54.7 Å². The number of anilines is 2. The van der Waals surface area contributed by atoms with Crippen molar-refractivity contribution in [3.05, 3.63) is 35.8 Å². The Morgan fingerprint density at radius 3 is 2.68 bits per heavy atom. The summed E-state index contributed by atoms with van der Waals surface area (Å²) in [4.78, 5) is 26.7. The van der Waals surface area contributed by atoms with Gasteiger partial charge in [0.1, 0.15) is 17.5 Å². The lowest BCUT2D eigenvalue weighted by Crippen LogP contribution is -2.29. The van der Waals surface area contributed by atoms with E-state index in [9.17, 15) is 4.79 Å². The van der Waals surface area contributed by atoms with Crippen LogP contribution in [0.3, 0.4) is 0 Å². The summed E-state index contributed by atoms with van der Waals surface area (Å²) < 4.78 is 5.26. The zero-order valence-electron chi connectivity index (χ0n) is 15.0. The first-order chi connectivity index (χ1) is 12.0. The van der Waals surface area contributed by atoms with Gasteiger partial charge in [0.15, 0.2) is 0 Å². The second-order valence-corrected chi connectivity index (χ2v) is 5.55. The summed E-state index contributed by atoms with van der Waals surface area (Å²) in [5, 5.41) is 6.02. The summed E-state index contributed by atoms with van der Waals surface area (Å²) in [5.74, 6) is 2.59. The van der Waals surface area contributed by atoms with Crippen LogP contribution in [0.15, 0.2) is 24.4 Å². The second kappa shape index (κ2) is 8.81. The first kappa shape index (κ1) is 18.4. The van der Waals surface area contributed by atoms with Crippen molar-refractivity contribution in [2.45, 2.75) is 13.8 Å². The molecule has 0 unspecified atom stereocenters. The second-order valence-electron chi connectivity index (χ2n) is 5.55. The average Bonchev–Trinajstić information content (AvgIpc) is 2.59. The summed E-state index contributed by atoms with van der Waals surface area (Å²) in [5.41, 5.74) is 0.497. The van der Waals surface area contributed by atoms with Gasteiger partial charge in [-0.2, -0.15) is 0 Å². The molecule has 0 atom stereocenters. The Balaban J connectivity index is 1.81. The van der Waals surface area contributed by atoms with E-state index in [1.807, 2.05) is 38.9 Å². The number of rotatable bonds is 8. The lowest BCUT2D eigenvalue weighted by atomic mass is 10.2. The molecule has 0 radical (unpaired) electrons. The fraction of sp³-hybridized carbons (Fsp3) is 0.412. The predicted octanol–water partition coefficient (Wildman–Crippen LogP) is 1.49. The van der Waals surface area contributed by atoms with E-state index in [4.69, 9.17) is 4.74 Å². The molecule has 0 aliphatic rings. The molecule has 2 rings (SSSR count). The first-order valence-corrected chi connectivity index (χ1v) is 8.13. The van der Waals surface area contributed by atoms with Crippen LogP contribution < -0.4 is 20.3 Å². The molecule has 25 heavy (non-hydrogen) atoms. The maximum Gasteiger partial charge on any atom is 0.252 e. The number of carbonyl (C=O) groups excluding carboxylic acids is 1. The van der Waals surface area contributed by atoms with Gasteiger partial charge in [0, 0.05) is 45.5 Å². The highest BCUT2D eigenvalue weighted by Gasteiger charge is 2.07. The number of pyridine rings is 1. The molecule has 1 amide bonds. The Morgan fingerprint density at radius 2 is 2.04 bits per heavy atom. The van der Waals surface area contributed by atoms with Gasteiger partial charge in [-0.25, -0.2) is 15.0 Å². The maximum atomic E-state index is 12.1. The minimum absolute atomic E-state index is 0.176. The molecular formula is C17H24N6O2. The largest absolute Gasteiger partial charge is 0.478 e. The summed E-state index contributed by atoms with van der Waals surface area (Å²) in [6.07, 6.45) is 1.50. The molecule has 0 aliphatic carbocycles. The molecule has 0 saturated carbocycles. The van der Waals surface area contributed by atoms with Gasteiger partial charge in [-0.15, -0.1) is 0 Å². The van der Waals surface area contributed by atoms with Gasteiger partial charge in [-0.05, 0) is 19.9 Å². The van der Waals surface area contributed by atoms with Crippen LogP contribution >= 0.6 is 0 Å². The smallest absolute Gasteiger partial charge is 0.252 e. The number of carbonyl (C=O) groups is 1. The third-order valence-electron chi connectivity index (χ3n) is 3.29. The normalized spacial score (nSPS) is 10.2. The maximum absolute atomic E-state index is 12.1. The topological polar surface area (TPSA) is 92.3 Å². The SMILES string of the molecule is CCOc1ccc(C(=O)NCCNc2cc(N(C)C)nc(C)n2)cn1. The molecule has 2 aromatic rings. The summed E-state index contributed by atoms with van der Waals surface area (Å²) in [7, 11) is 3.85. The molecule has 0 aromatic carbocycles. The number of amides is 1. The van der Waals surface area contributed by atoms with Crippen molar-refractivity contribution in [3.63, 3.8) is 0 Å². The molecule has 0 saturated heterocycles. The number of ether oxygens (including phenoxy) is 1. The fourth-order valence-electron chi connectivity index (χ4n) is 2.09. The van der Waals surface area contributed by atoms with Gasteiger partial charge in [0.25, 0.3) is 5.91 Å². The Hall–Kier alpha value is -2.90. The van der Waals surface area contributed by atoms with Crippen LogP contribution in [0.5, 0.6) is 5.88 Å². The van der Waals surface area contributed by atoms with Crippen LogP contribution in [-0.2, 0) is 0 Å². The van der Waals surface area contributed by atoms with Crippen molar-refractivity contribution in [1.29, 1.82) is 0 Å². The zero-order valence-corrected chi connectivity index (χ0v) is 15.0. The number of nitrogens with one attached hydrogen (secondary N) is 2. The Kier molecular flexibility index (Phi) is 6.50. The van der Waals surface area contributed by atoms with Crippen molar-refractivity contribution < 1.29 is 9.53 Å². The monoisotopic (exact) mass is 344 g/mol. The molecule has 0 bridgehead atoms. The van der Waals surface area contributed by atoms with Gasteiger partial charge < -0.3 is 20.3 Å². The first-order valence-electron chi connectivity index (χ1n) is 8.13. The van der Waals surface area contributed by atoms with E-state index in [0.717, 1.165) is 11.6 Å². The Morgan fingerprint density at radius 1 is 1.24 bits per heavy atom.